The number of amides is 2. The zero-order chi connectivity index (χ0) is 23.8. The van der Waals surface area contributed by atoms with Crippen LogP contribution in [0.3, 0.4) is 0 Å². The topological polar surface area (TPSA) is 108 Å². The van der Waals surface area contributed by atoms with Crippen LogP contribution < -0.4 is 27.0 Å². The molecule has 0 radical (unpaired) electrons. The first-order valence-electron chi connectivity index (χ1n) is 11.1. The first-order valence-corrected chi connectivity index (χ1v) is 11.1. The van der Waals surface area contributed by atoms with Gasteiger partial charge in [-0.15, -0.1) is 0 Å². The quantitative estimate of drug-likeness (QED) is 0.188. The van der Waals surface area contributed by atoms with Crippen LogP contribution >= 0.6 is 0 Å². The van der Waals surface area contributed by atoms with Crippen molar-refractivity contribution >= 4 is 11.8 Å². The lowest BCUT2D eigenvalue weighted by Gasteiger charge is -2.21. The Hall–Kier alpha value is -3.06. The molecule has 1 atom stereocenters. The molecule has 1 unspecified atom stereocenters. The van der Waals surface area contributed by atoms with Gasteiger partial charge in [0, 0.05) is 24.4 Å². The van der Waals surface area contributed by atoms with E-state index in [9.17, 15) is 9.59 Å². The van der Waals surface area contributed by atoms with Gasteiger partial charge in [0.15, 0.2) is 0 Å². The van der Waals surface area contributed by atoms with E-state index in [0.717, 1.165) is 42.5 Å². The van der Waals surface area contributed by atoms with Crippen LogP contribution in [0.25, 0.3) is 0 Å². The summed E-state index contributed by atoms with van der Waals surface area (Å²) in [6.45, 7) is 15.1. The van der Waals surface area contributed by atoms with Gasteiger partial charge in [0.1, 0.15) is 6.04 Å². The van der Waals surface area contributed by atoms with Crippen LogP contribution in [0.1, 0.15) is 38.2 Å². The van der Waals surface area contributed by atoms with Gasteiger partial charge >= 0.3 is 0 Å². The minimum atomic E-state index is -0.507. The fraction of sp³-hybridized carbons (Fsp3) is 0.440. The molecule has 1 aromatic rings. The first-order chi connectivity index (χ1) is 15.3. The van der Waals surface area contributed by atoms with Crippen LogP contribution in [0, 0.1) is 0 Å². The minimum Gasteiger partial charge on any atom is -0.380 e. The normalized spacial score (nSPS) is 11.2. The van der Waals surface area contributed by atoms with E-state index in [4.69, 9.17) is 5.73 Å². The zero-order valence-corrected chi connectivity index (χ0v) is 19.3. The number of unbranched alkanes of at least 4 members (excludes halogenated alkanes) is 2. The Bertz CT molecular complexity index is 761. The predicted molar refractivity (Wildman–Crippen MR) is 132 cm³/mol. The van der Waals surface area contributed by atoms with Crippen LogP contribution in [0.4, 0.5) is 0 Å². The molecular formula is C25H39N5O2. The lowest BCUT2D eigenvalue weighted by atomic mass is 10.0. The molecule has 0 bridgehead atoms. The lowest BCUT2D eigenvalue weighted by molar-refractivity contribution is -0.122. The number of hydrogen-bond donors (Lipinski definition) is 5. The van der Waals surface area contributed by atoms with Crippen molar-refractivity contribution in [3.63, 3.8) is 0 Å². The van der Waals surface area contributed by atoms with Crippen molar-refractivity contribution in [2.45, 2.75) is 45.1 Å². The summed E-state index contributed by atoms with van der Waals surface area (Å²) in [6.07, 6.45) is 4.38. The second-order valence-electron chi connectivity index (χ2n) is 8.00. The molecule has 0 saturated carbocycles. The number of hydrogen-bond acceptors (Lipinski definition) is 5. The Balaban J connectivity index is 2.46. The van der Waals surface area contributed by atoms with Crippen molar-refractivity contribution in [2.24, 2.45) is 5.73 Å². The number of benzene rings is 1. The largest absolute Gasteiger partial charge is 0.380 e. The molecule has 176 valence electrons. The van der Waals surface area contributed by atoms with Gasteiger partial charge in [-0.1, -0.05) is 62.1 Å². The van der Waals surface area contributed by atoms with Crippen LogP contribution in [0.15, 0.2) is 67.0 Å². The zero-order valence-electron chi connectivity index (χ0n) is 19.3. The second kappa shape index (κ2) is 15.7. The molecule has 0 spiro atoms. The van der Waals surface area contributed by atoms with Gasteiger partial charge in [0.05, 0.1) is 13.1 Å². The Morgan fingerprint density at radius 3 is 2.28 bits per heavy atom. The predicted octanol–water partition coefficient (Wildman–Crippen LogP) is 2.13. The number of rotatable bonds is 17. The summed E-state index contributed by atoms with van der Waals surface area (Å²) in [5.74, 6) is -0.306. The highest BCUT2D eigenvalue weighted by molar-refractivity contribution is 5.82. The number of carbonyl (C=O) groups excluding carboxylic acids is 2. The average molecular weight is 442 g/mol. The molecule has 6 N–H and O–H groups in total. The summed E-state index contributed by atoms with van der Waals surface area (Å²) in [6, 6.07) is 9.25. The summed E-state index contributed by atoms with van der Waals surface area (Å²) in [4.78, 5) is 24.8. The van der Waals surface area contributed by atoms with Crippen molar-refractivity contribution in [1.29, 1.82) is 0 Å². The maximum atomic E-state index is 12.7. The highest BCUT2D eigenvalue weighted by Crippen LogP contribution is 2.06. The molecule has 0 aromatic heterocycles. The monoisotopic (exact) mass is 441 g/mol. The van der Waals surface area contributed by atoms with Gasteiger partial charge in [0.25, 0.3) is 0 Å². The molecule has 0 aliphatic heterocycles. The fourth-order valence-electron chi connectivity index (χ4n) is 2.94. The van der Waals surface area contributed by atoms with Gasteiger partial charge in [-0.05, 0) is 38.3 Å². The average Bonchev–Trinajstić information content (AvgIpc) is 2.77. The van der Waals surface area contributed by atoms with E-state index in [1.807, 2.05) is 37.3 Å². The van der Waals surface area contributed by atoms with Gasteiger partial charge in [0.2, 0.25) is 11.8 Å². The Labute approximate surface area is 192 Å². The molecule has 7 heteroatoms. The molecule has 0 heterocycles. The maximum Gasteiger partial charge on any atom is 0.243 e. The Morgan fingerprint density at radius 1 is 0.906 bits per heavy atom. The van der Waals surface area contributed by atoms with Gasteiger partial charge in [-0.25, -0.2) is 0 Å². The van der Waals surface area contributed by atoms with Crippen molar-refractivity contribution in [2.75, 3.05) is 26.2 Å². The molecule has 32 heavy (non-hydrogen) atoms. The van der Waals surface area contributed by atoms with E-state index in [-0.39, 0.29) is 24.9 Å². The summed E-state index contributed by atoms with van der Waals surface area (Å²) in [7, 11) is 0. The molecule has 0 aliphatic carbocycles. The molecule has 0 fully saturated rings. The SMILES string of the molecule is C=C(C)CNC(=O)C(Cc1ccccc1)NC(=C)CNC(=O)CNC(=C)CCCCCN. The van der Waals surface area contributed by atoms with E-state index in [0.29, 0.717) is 25.2 Å². The van der Waals surface area contributed by atoms with E-state index < -0.39 is 6.04 Å². The van der Waals surface area contributed by atoms with Gasteiger partial charge in [-0.3, -0.25) is 9.59 Å². The Kier molecular flexibility index (Phi) is 13.2. The number of nitrogens with one attached hydrogen (secondary N) is 4. The van der Waals surface area contributed by atoms with E-state index in [1.165, 1.54) is 0 Å². The van der Waals surface area contributed by atoms with Crippen molar-refractivity contribution in [3.8, 4) is 0 Å². The van der Waals surface area contributed by atoms with Crippen LogP contribution in [-0.4, -0.2) is 44.0 Å². The van der Waals surface area contributed by atoms with Gasteiger partial charge < -0.3 is 27.0 Å². The van der Waals surface area contributed by atoms with Crippen LogP contribution in [0.5, 0.6) is 0 Å². The van der Waals surface area contributed by atoms with Gasteiger partial charge in [-0.2, -0.15) is 0 Å². The van der Waals surface area contributed by atoms with Crippen LogP contribution in [-0.2, 0) is 16.0 Å². The third-order valence-corrected chi connectivity index (χ3v) is 4.72. The molecular weight excluding hydrogens is 402 g/mol. The number of allylic oxidation sites excluding steroid dienone is 1. The van der Waals surface area contributed by atoms with Crippen molar-refractivity contribution in [1.82, 2.24) is 21.3 Å². The highest BCUT2D eigenvalue weighted by atomic mass is 16.2. The first kappa shape index (κ1) is 27.0. The van der Waals surface area contributed by atoms with Crippen LogP contribution in [0.2, 0.25) is 0 Å². The minimum absolute atomic E-state index is 0.142. The number of carbonyl (C=O) groups is 2. The molecule has 2 amide bonds. The van der Waals surface area contributed by atoms with E-state index >= 15 is 0 Å². The molecule has 7 nitrogen and oxygen atoms in total. The van der Waals surface area contributed by atoms with Crippen molar-refractivity contribution in [3.05, 3.63) is 72.6 Å². The van der Waals surface area contributed by atoms with Crippen molar-refractivity contribution < 1.29 is 9.59 Å². The summed E-state index contributed by atoms with van der Waals surface area (Å²) in [5, 5.41) is 11.9. The third kappa shape index (κ3) is 12.6. The third-order valence-electron chi connectivity index (χ3n) is 4.72. The summed E-state index contributed by atoms with van der Waals surface area (Å²) < 4.78 is 0. The lowest BCUT2D eigenvalue weighted by Crippen LogP contribution is -2.47. The second-order valence-corrected chi connectivity index (χ2v) is 8.00. The number of nitrogens with two attached hydrogens (primary N) is 1. The summed E-state index contributed by atoms with van der Waals surface area (Å²) in [5.41, 5.74) is 8.79. The molecule has 1 aromatic carbocycles. The fourth-order valence-corrected chi connectivity index (χ4v) is 2.94. The van der Waals surface area contributed by atoms with E-state index in [1.54, 1.807) is 0 Å². The Morgan fingerprint density at radius 2 is 1.62 bits per heavy atom. The molecule has 1 rings (SSSR count). The molecule has 0 aliphatic rings. The standard InChI is InChI=1S/C25H39N5O2/c1-19(2)16-29-25(32)23(15-22-12-8-5-9-13-22)30-21(4)17-28-24(31)18-27-20(3)11-7-6-10-14-26/h5,8-9,12-13,23,27,30H,1,3-4,6-7,10-11,14-18,26H2,2H3,(H,28,31)(H,29,32). The highest BCUT2D eigenvalue weighted by Gasteiger charge is 2.19. The summed E-state index contributed by atoms with van der Waals surface area (Å²) >= 11 is 0. The molecule has 0 saturated heterocycles. The maximum absolute atomic E-state index is 12.7. The smallest absolute Gasteiger partial charge is 0.243 e. The van der Waals surface area contributed by atoms with E-state index in [2.05, 4.69) is 41.0 Å².